The van der Waals surface area contributed by atoms with Gasteiger partial charge in [-0.1, -0.05) is 19.1 Å². The van der Waals surface area contributed by atoms with Crippen LogP contribution in [-0.2, 0) is 16.3 Å². The monoisotopic (exact) mass is 434 g/mol. The van der Waals surface area contributed by atoms with E-state index in [9.17, 15) is 13.7 Å². The number of imidazole rings is 1. The summed E-state index contributed by atoms with van der Waals surface area (Å²) in [4.78, 5) is 4.85. The van der Waals surface area contributed by atoms with Gasteiger partial charge >= 0.3 is 0 Å². The summed E-state index contributed by atoms with van der Waals surface area (Å²) in [6.07, 6.45) is 0.703. The lowest BCUT2D eigenvalue weighted by Gasteiger charge is -2.18. The molecule has 0 aliphatic carbocycles. The predicted molar refractivity (Wildman–Crippen MR) is 120 cm³/mol. The highest BCUT2D eigenvalue weighted by Gasteiger charge is 2.20. The topological polar surface area (TPSA) is 107 Å². The van der Waals surface area contributed by atoms with Crippen molar-refractivity contribution in [2.75, 3.05) is 17.7 Å². The number of aliphatic hydroxyl groups excluding tert-OH is 1. The molecule has 2 aromatic heterocycles. The van der Waals surface area contributed by atoms with Crippen LogP contribution >= 0.6 is 0 Å². The molecule has 0 amide bonds. The molecule has 0 saturated carbocycles. The SMILES string of the molecule is CCc1c(C)c(C#N)c2nc3ccccc3n2c1Nc1ccc(S(=O)(=O)CCO)cc1. The molecule has 2 heterocycles. The third-order valence-corrected chi connectivity index (χ3v) is 7.13. The lowest BCUT2D eigenvalue weighted by Crippen LogP contribution is -2.10. The molecule has 0 bridgehead atoms. The second kappa shape index (κ2) is 8.02. The molecule has 4 rings (SSSR count). The standard InChI is InChI=1S/C23H22N4O3S/c1-3-18-15(2)19(14-24)23-26-20-6-4-5-7-21(20)27(23)22(18)25-16-8-10-17(11-9-16)31(29,30)13-12-28/h4-11,25,28H,3,12-13H2,1-2H3. The molecular formula is C23H22N4O3S. The smallest absolute Gasteiger partial charge is 0.180 e. The first-order valence-corrected chi connectivity index (χ1v) is 11.6. The molecule has 0 fully saturated rings. The maximum atomic E-state index is 12.2. The van der Waals surface area contributed by atoms with Crippen LogP contribution in [0.3, 0.4) is 0 Å². The molecule has 158 valence electrons. The van der Waals surface area contributed by atoms with Gasteiger partial charge in [0.1, 0.15) is 11.9 Å². The van der Waals surface area contributed by atoms with Gasteiger partial charge in [-0.05, 0) is 60.9 Å². The van der Waals surface area contributed by atoms with Crippen molar-refractivity contribution in [1.82, 2.24) is 9.38 Å². The summed E-state index contributed by atoms with van der Waals surface area (Å²) in [6, 6.07) is 16.5. The fourth-order valence-corrected chi connectivity index (χ4v) is 4.90. The van der Waals surface area contributed by atoms with Crippen LogP contribution in [0.25, 0.3) is 16.7 Å². The zero-order chi connectivity index (χ0) is 22.2. The number of nitriles is 1. The van der Waals surface area contributed by atoms with Crippen molar-refractivity contribution in [3.05, 3.63) is 65.2 Å². The summed E-state index contributed by atoms with van der Waals surface area (Å²) >= 11 is 0. The van der Waals surface area contributed by atoms with Crippen LogP contribution in [0, 0.1) is 18.3 Å². The number of para-hydroxylation sites is 2. The zero-order valence-corrected chi connectivity index (χ0v) is 18.1. The Labute approximate surface area is 180 Å². The molecule has 2 aromatic carbocycles. The van der Waals surface area contributed by atoms with Gasteiger partial charge in [0.2, 0.25) is 0 Å². The van der Waals surface area contributed by atoms with Gasteiger partial charge in [-0.15, -0.1) is 0 Å². The van der Waals surface area contributed by atoms with Gasteiger partial charge in [-0.25, -0.2) is 13.4 Å². The summed E-state index contributed by atoms with van der Waals surface area (Å²) in [5.41, 5.74) is 5.38. The molecule has 0 spiro atoms. The largest absolute Gasteiger partial charge is 0.395 e. The first kappa shape index (κ1) is 20.8. The highest BCUT2D eigenvalue weighted by Crippen LogP contribution is 2.33. The molecular weight excluding hydrogens is 412 g/mol. The van der Waals surface area contributed by atoms with Crippen molar-refractivity contribution in [2.24, 2.45) is 0 Å². The van der Waals surface area contributed by atoms with Crippen molar-refractivity contribution in [3.63, 3.8) is 0 Å². The van der Waals surface area contributed by atoms with E-state index in [1.54, 1.807) is 12.1 Å². The Bertz CT molecular complexity index is 1430. The number of aromatic nitrogens is 2. The highest BCUT2D eigenvalue weighted by molar-refractivity contribution is 7.91. The number of rotatable bonds is 6. The minimum absolute atomic E-state index is 0.164. The number of sulfone groups is 1. The molecule has 0 radical (unpaired) electrons. The maximum Gasteiger partial charge on any atom is 0.180 e. The van der Waals surface area contributed by atoms with Crippen molar-refractivity contribution in [2.45, 2.75) is 25.2 Å². The lowest BCUT2D eigenvalue weighted by molar-refractivity contribution is 0.319. The van der Waals surface area contributed by atoms with Gasteiger partial charge < -0.3 is 10.4 Å². The van der Waals surface area contributed by atoms with Gasteiger partial charge in [0.05, 0.1) is 33.9 Å². The first-order chi connectivity index (χ1) is 14.9. The van der Waals surface area contributed by atoms with Crippen molar-refractivity contribution in [3.8, 4) is 6.07 Å². The van der Waals surface area contributed by atoms with Gasteiger partial charge in [0, 0.05) is 5.69 Å². The normalized spacial score (nSPS) is 11.7. The number of benzene rings is 2. The van der Waals surface area contributed by atoms with E-state index in [-0.39, 0.29) is 10.6 Å². The van der Waals surface area contributed by atoms with E-state index in [4.69, 9.17) is 5.11 Å². The van der Waals surface area contributed by atoms with Crippen LogP contribution in [0.5, 0.6) is 0 Å². The van der Waals surface area contributed by atoms with Crippen LogP contribution in [0.2, 0.25) is 0 Å². The van der Waals surface area contributed by atoms with Gasteiger partial charge in [0.25, 0.3) is 0 Å². The van der Waals surface area contributed by atoms with E-state index >= 15 is 0 Å². The summed E-state index contributed by atoms with van der Waals surface area (Å²) in [7, 11) is -3.51. The second-order valence-electron chi connectivity index (χ2n) is 7.24. The van der Waals surface area contributed by atoms with Crippen molar-refractivity contribution >= 4 is 38.0 Å². The van der Waals surface area contributed by atoms with Crippen LogP contribution in [0.15, 0.2) is 53.4 Å². The Morgan fingerprint density at radius 3 is 2.52 bits per heavy atom. The number of nitrogens with zero attached hydrogens (tertiary/aromatic N) is 3. The summed E-state index contributed by atoms with van der Waals surface area (Å²) in [6.45, 7) is 3.54. The van der Waals surface area contributed by atoms with Gasteiger partial charge in [-0.2, -0.15) is 5.26 Å². The van der Waals surface area contributed by atoms with Crippen LogP contribution in [-0.4, -0.2) is 35.3 Å². The molecule has 0 aliphatic heterocycles. The Kier molecular flexibility index (Phi) is 5.39. The molecule has 0 unspecified atom stereocenters. The van der Waals surface area contributed by atoms with Crippen LogP contribution in [0.4, 0.5) is 11.5 Å². The van der Waals surface area contributed by atoms with Crippen molar-refractivity contribution in [1.29, 1.82) is 5.26 Å². The number of fused-ring (bicyclic) bond motifs is 3. The van der Waals surface area contributed by atoms with Crippen LogP contribution in [0.1, 0.15) is 23.6 Å². The minimum atomic E-state index is -3.51. The fraction of sp³-hybridized carbons (Fsp3) is 0.217. The van der Waals surface area contributed by atoms with E-state index in [2.05, 4.69) is 16.4 Å². The molecule has 4 aromatic rings. The predicted octanol–water partition coefficient (Wildman–Crippen LogP) is 3.74. The molecule has 0 aliphatic rings. The Balaban J connectivity index is 1.91. The van der Waals surface area contributed by atoms with E-state index in [0.29, 0.717) is 23.3 Å². The summed E-state index contributed by atoms with van der Waals surface area (Å²) in [5, 5.41) is 22.2. The number of nitrogens with one attached hydrogen (secondary N) is 1. The molecule has 31 heavy (non-hydrogen) atoms. The maximum absolute atomic E-state index is 12.2. The quantitative estimate of drug-likeness (QED) is 0.479. The Morgan fingerprint density at radius 2 is 1.87 bits per heavy atom. The second-order valence-corrected chi connectivity index (χ2v) is 9.35. The lowest BCUT2D eigenvalue weighted by atomic mass is 10.0. The highest BCUT2D eigenvalue weighted by atomic mass is 32.2. The molecule has 0 saturated heterocycles. The number of pyridine rings is 1. The fourth-order valence-electron chi connectivity index (χ4n) is 3.87. The molecule has 0 atom stereocenters. The first-order valence-electron chi connectivity index (χ1n) is 9.94. The molecule has 2 N–H and O–H groups in total. The van der Waals surface area contributed by atoms with E-state index in [1.165, 1.54) is 12.1 Å². The third-order valence-electron chi connectivity index (χ3n) is 5.42. The number of hydrogen-bond acceptors (Lipinski definition) is 6. The summed E-state index contributed by atoms with van der Waals surface area (Å²) < 4.78 is 26.3. The summed E-state index contributed by atoms with van der Waals surface area (Å²) in [5.74, 6) is 0.490. The van der Waals surface area contributed by atoms with Crippen molar-refractivity contribution < 1.29 is 13.5 Å². The average molecular weight is 435 g/mol. The number of aliphatic hydroxyl groups is 1. The third kappa shape index (κ3) is 3.52. The Hall–Kier alpha value is -3.41. The van der Waals surface area contributed by atoms with E-state index in [0.717, 1.165) is 28.0 Å². The minimum Gasteiger partial charge on any atom is -0.395 e. The molecule has 8 heteroatoms. The average Bonchev–Trinajstić information content (AvgIpc) is 3.13. The van der Waals surface area contributed by atoms with E-state index < -0.39 is 16.4 Å². The van der Waals surface area contributed by atoms with Gasteiger partial charge in [-0.3, -0.25) is 4.40 Å². The number of hydrogen-bond donors (Lipinski definition) is 2. The van der Waals surface area contributed by atoms with E-state index in [1.807, 2.05) is 42.5 Å². The molecule has 7 nitrogen and oxygen atoms in total. The Morgan fingerprint density at radius 1 is 1.16 bits per heavy atom. The number of anilines is 2. The van der Waals surface area contributed by atoms with Crippen LogP contribution < -0.4 is 5.32 Å². The zero-order valence-electron chi connectivity index (χ0n) is 17.3. The van der Waals surface area contributed by atoms with Gasteiger partial charge in [0.15, 0.2) is 15.5 Å².